The van der Waals surface area contributed by atoms with Gasteiger partial charge in [0, 0.05) is 6.42 Å². The van der Waals surface area contributed by atoms with Crippen molar-refractivity contribution in [1.82, 2.24) is 0 Å². The summed E-state index contributed by atoms with van der Waals surface area (Å²) in [6.45, 7) is 13.9. The normalized spacial score (nSPS) is 13.4. The third-order valence-corrected chi connectivity index (χ3v) is 2.41. The summed E-state index contributed by atoms with van der Waals surface area (Å²) in [6, 6.07) is 8.38. The maximum Gasteiger partial charge on any atom is 0.0952 e. The Labute approximate surface area is 111 Å². The molecule has 0 saturated heterocycles. The van der Waals surface area contributed by atoms with Gasteiger partial charge in [-0.3, -0.25) is 0 Å². The molecule has 1 aromatic carbocycles. The number of rotatable bonds is 5. The van der Waals surface area contributed by atoms with Crippen LogP contribution in [0.4, 0.5) is 0 Å². The van der Waals surface area contributed by atoms with Crippen molar-refractivity contribution in [3.05, 3.63) is 42.0 Å². The van der Waals surface area contributed by atoms with Crippen LogP contribution in [0.25, 0.3) is 5.57 Å². The molecule has 0 amide bonds. The first-order chi connectivity index (χ1) is 8.28. The molecule has 100 valence electrons. The molecule has 0 heterocycles. The number of hydrogen-bond acceptors (Lipinski definition) is 2. The third kappa shape index (κ3) is 5.48. The van der Waals surface area contributed by atoms with Crippen molar-refractivity contribution < 1.29 is 9.78 Å². The maximum absolute atomic E-state index is 5.39. The van der Waals surface area contributed by atoms with E-state index in [9.17, 15) is 0 Å². The van der Waals surface area contributed by atoms with E-state index in [4.69, 9.17) is 9.78 Å². The van der Waals surface area contributed by atoms with Crippen molar-refractivity contribution in [3.8, 4) is 0 Å². The fraction of sp³-hybridized carbons (Fsp3) is 0.500. The molecule has 0 spiro atoms. The molecule has 2 heteroatoms. The molecule has 1 aromatic rings. The van der Waals surface area contributed by atoms with Gasteiger partial charge in [0.2, 0.25) is 0 Å². The molecule has 1 unspecified atom stereocenters. The van der Waals surface area contributed by atoms with Gasteiger partial charge in [-0.2, -0.15) is 0 Å². The van der Waals surface area contributed by atoms with E-state index in [-0.39, 0.29) is 11.7 Å². The Morgan fingerprint density at radius 3 is 2.56 bits per heavy atom. The first kappa shape index (κ1) is 14.9. The molecule has 0 aliphatic carbocycles. The van der Waals surface area contributed by atoms with Crippen LogP contribution in [0.2, 0.25) is 0 Å². The van der Waals surface area contributed by atoms with Crippen LogP contribution in [0.1, 0.15) is 45.7 Å². The van der Waals surface area contributed by atoms with Crippen LogP contribution in [0, 0.1) is 0 Å². The standard InChI is InChI=1S/C16H24O2/c1-12(2)15-9-7-8-14(11-15)10-13(3)17-18-16(4,5)6/h7-9,11,13H,1,10H2,2-6H3. The van der Waals surface area contributed by atoms with Gasteiger partial charge in [-0.1, -0.05) is 36.4 Å². The summed E-state index contributed by atoms with van der Waals surface area (Å²) in [7, 11) is 0. The Morgan fingerprint density at radius 2 is 2.00 bits per heavy atom. The first-order valence-corrected chi connectivity index (χ1v) is 6.37. The van der Waals surface area contributed by atoms with E-state index < -0.39 is 0 Å². The van der Waals surface area contributed by atoms with Crippen LogP contribution in [-0.2, 0) is 16.2 Å². The molecule has 0 N–H and O–H groups in total. The lowest BCUT2D eigenvalue weighted by Crippen LogP contribution is -2.23. The lowest BCUT2D eigenvalue weighted by Gasteiger charge is -2.21. The van der Waals surface area contributed by atoms with Gasteiger partial charge < -0.3 is 0 Å². The predicted octanol–water partition coefficient (Wildman–Crippen LogP) is 4.40. The summed E-state index contributed by atoms with van der Waals surface area (Å²) < 4.78 is 0. The number of hydrogen-bond donors (Lipinski definition) is 0. The molecule has 0 fully saturated rings. The Kier molecular flexibility index (Phi) is 5.12. The van der Waals surface area contributed by atoms with Crippen molar-refractivity contribution in [2.24, 2.45) is 0 Å². The highest BCUT2D eigenvalue weighted by molar-refractivity contribution is 5.61. The molecule has 0 aliphatic heterocycles. The summed E-state index contributed by atoms with van der Waals surface area (Å²) in [5, 5.41) is 0. The van der Waals surface area contributed by atoms with E-state index in [1.54, 1.807) is 0 Å². The van der Waals surface area contributed by atoms with Crippen LogP contribution < -0.4 is 0 Å². The van der Waals surface area contributed by atoms with E-state index >= 15 is 0 Å². The number of allylic oxidation sites excluding steroid dienone is 1. The molecule has 0 bridgehead atoms. The highest BCUT2D eigenvalue weighted by Crippen LogP contribution is 2.16. The van der Waals surface area contributed by atoms with Gasteiger partial charge in [-0.05, 0) is 45.7 Å². The second kappa shape index (κ2) is 6.17. The number of benzene rings is 1. The second-order valence-electron chi connectivity index (χ2n) is 5.79. The van der Waals surface area contributed by atoms with E-state index in [1.165, 1.54) is 11.1 Å². The van der Waals surface area contributed by atoms with Crippen LogP contribution in [-0.4, -0.2) is 11.7 Å². The first-order valence-electron chi connectivity index (χ1n) is 6.37. The minimum absolute atomic E-state index is 0.0320. The average Bonchev–Trinajstić information content (AvgIpc) is 2.26. The molecular weight excluding hydrogens is 224 g/mol. The quantitative estimate of drug-likeness (QED) is 0.568. The highest BCUT2D eigenvalue weighted by Gasteiger charge is 2.14. The van der Waals surface area contributed by atoms with Crippen LogP contribution in [0.15, 0.2) is 30.8 Å². The Morgan fingerprint density at radius 1 is 1.33 bits per heavy atom. The molecule has 0 aliphatic rings. The Hall–Kier alpha value is -1.12. The van der Waals surface area contributed by atoms with E-state index in [2.05, 4.69) is 30.8 Å². The lowest BCUT2D eigenvalue weighted by molar-refractivity contribution is -0.369. The lowest BCUT2D eigenvalue weighted by atomic mass is 10.0. The van der Waals surface area contributed by atoms with Crippen molar-refractivity contribution in [3.63, 3.8) is 0 Å². The van der Waals surface area contributed by atoms with E-state index in [0.29, 0.717) is 0 Å². The van der Waals surface area contributed by atoms with Crippen molar-refractivity contribution in [2.45, 2.75) is 52.7 Å². The SMILES string of the molecule is C=C(C)c1cccc(CC(C)OOC(C)(C)C)c1. The predicted molar refractivity (Wildman–Crippen MR) is 76.2 cm³/mol. The smallest absolute Gasteiger partial charge is 0.0952 e. The van der Waals surface area contributed by atoms with Crippen LogP contribution >= 0.6 is 0 Å². The van der Waals surface area contributed by atoms with Gasteiger partial charge in [0.05, 0.1) is 11.7 Å². The summed E-state index contributed by atoms with van der Waals surface area (Å²) in [5.74, 6) is 0. The molecule has 0 aromatic heterocycles. The minimum Gasteiger partial charge on any atom is -0.233 e. The topological polar surface area (TPSA) is 18.5 Å². The monoisotopic (exact) mass is 248 g/mol. The Bertz CT molecular complexity index is 402. The molecule has 2 nitrogen and oxygen atoms in total. The van der Waals surface area contributed by atoms with Crippen LogP contribution in [0.3, 0.4) is 0 Å². The van der Waals surface area contributed by atoms with Crippen molar-refractivity contribution >= 4 is 5.57 Å². The minimum atomic E-state index is -0.270. The third-order valence-electron chi connectivity index (χ3n) is 2.41. The summed E-state index contributed by atoms with van der Waals surface area (Å²) >= 11 is 0. The van der Waals surface area contributed by atoms with Crippen molar-refractivity contribution in [2.75, 3.05) is 0 Å². The zero-order chi connectivity index (χ0) is 13.8. The fourth-order valence-electron chi connectivity index (χ4n) is 1.56. The van der Waals surface area contributed by atoms with Crippen molar-refractivity contribution in [1.29, 1.82) is 0 Å². The zero-order valence-electron chi connectivity index (χ0n) is 12.1. The van der Waals surface area contributed by atoms with Gasteiger partial charge in [-0.15, -0.1) is 0 Å². The van der Waals surface area contributed by atoms with Gasteiger partial charge in [0.15, 0.2) is 0 Å². The molecule has 18 heavy (non-hydrogen) atoms. The molecule has 1 rings (SSSR count). The van der Waals surface area contributed by atoms with E-state index in [0.717, 1.165) is 12.0 Å². The van der Waals surface area contributed by atoms with Gasteiger partial charge in [0.25, 0.3) is 0 Å². The van der Waals surface area contributed by atoms with Crippen LogP contribution in [0.5, 0.6) is 0 Å². The highest BCUT2D eigenvalue weighted by atomic mass is 17.2. The molecule has 1 atom stereocenters. The summed E-state index contributed by atoms with van der Waals surface area (Å²) in [4.78, 5) is 10.7. The largest absolute Gasteiger partial charge is 0.233 e. The van der Waals surface area contributed by atoms with Gasteiger partial charge in [-0.25, -0.2) is 9.78 Å². The fourth-order valence-corrected chi connectivity index (χ4v) is 1.56. The van der Waals surface area contributed by atoms with E-state index in [1.807, 2.05) is 34.6 Å². The molecular formula is C16H24O2. The van der Waals surface area contributed by atoms with Gasteiger partial charge >= 0.3 is 0 Å². The molecule has 0 radical (unpaired) electrons. The van der Waals surface area contributed by atoms with Gasteiger partial charge in [0.1, 0.15) is 0 Å². The summed E-state index contributed by atoms with van der Waals surface area (Å²) in [5.41, 5.74) is 3.22. The average molecular weight is 248 g/mol. The summed E-state index contributed by atoms with van der Waals surface area (Å²) in [6.07, 6.45) is 0.863. The second-order valence-corrected chi connectivity index (χ2v) is 5.79. The zero-order valence-corrected chi connectivity index (χ0v) is 12.1. The maximum atomic E-state index is 5.39. The molecule has 0 saturated carbocycles. The Balaban J connectivity index is 2.56.